The highest BCUT2D eigenvalue weighted by molar-refractivity contribution is 7.90. The van der Waals surface area contributed by atoms with Crippen LogP contribution >= 0.6 is 0 Å². The van der Waals surface area contributed by atoms with Crippen LogP contribution in [0.1, 0.15) is 11.1 Å². The number of hydrogen-bond donors (Lipinski definition) is 2. The Kier molecular flexibility index (Phi) is 3.99. The third-order valence-corrected chi connectivity index (χ3v) is 4.23. The summed E-state index contributed by atoms with van der Waals surface area (Å²) in [5, 5.41) is 12.5. The molecule has 0 aromatic heterocycles. The summed E-state index contributed by atoms with van der Waals surface area (Å²) in [7, 11) is -3.23. The van der Waals surface area contributed by atoms with Gasteiger partial charge in [0.1, 0.15) is 5.75 Å². The fourth-order valence-corrected chi connectivity index (χ4v) is 2.97. The Morgan fingerprint density at radius 1 is 1.15 bits per heavy atom. The molecule has 4 nitrogen and oxygen atoms in total. The van der Waals surface area contributed by atoms with Crippen molar-refractivity contribution in [2.45, 2.75) is 18.4 Å². The minimum atomic E-state index is -3.23. The van der Waals surface area contributed by atoms with E-state index in [1.165, 1.54) is 6.26 Å². The summed E-state index contributed by atoms with van der Waals surface area (Å²) < 4.78 is 23.3. The van der Waals surface area contributed by atoms with E-state index >= 15 is 0 Å². The van der Waals surface area contributed by atoms with E-state index in [1.807, 2.05) is 12.1 Å². The molecule has 0 aliphatic rings. The number of benzene rings is 2. The van der Waals surface area contributed by atoms with Crippen LogP contribution in [-0.2, 0) is 16.4 Å². The number of aryl methyl sites for hydroxylation is 1. The van der Waals surface area contributed by atoms with E-state index in [0.29, 0.717) is 11.4 Å². The second kappa shape index (κ2) is 5.54. The molecule has 2 aromatic carbocycles. The molecule has 0 amide bonds. The molecule has 2 rings (SSSR count). The SMILES string of the molecule is Cc1ccc(NCc2cccc(O)c2)cc1S(C)(=O)=O. The van der Waals surface area contributed by atoms with Gasteiger partial charge in [-0.3, -0.25) is 0 Å². The Morgan fingerprint density at radius 2 is 1.90 bits per heavy atom. The van der Waals surface area contributed by atoms with Crippen molar-refractivity contribution in [3.63, 3.8) is 0 Å². The molecule has 2 aromatic rings. The summed E-state index contributed by atoms with van der Waals surface area (Å²) in [6, 6.07) is 12.2. The molecular weight excluding hydrogens is 274 g/mol. The van der Waals surface area contributed by atoms with E-state index in [1.54, 1.807) is 37.3 Å². The predicted octanol–water partition coefficient (Wildman–Crippen LogP) is 2.72. The first-order valence-corrected chi connectivity index (χ1v) is 8.08. The summed E-state index contributed by atoms with van der Waals surface area (Å²) in [6.45, 7) is 2.29. The largest absolute Gasteiger partial charge is 0.508 e. The van der Waals surface area contributed by atoms with Gasteiger partial charge >= 0.3 is 0 Å². The van der Waals surface area contributed by atoms with Crippen LogP contribution in [-0.4, -0.2) is 19.8 Å². The Morgan fingerprint density at radius 3 is 2.55 bits per heavy atom. The number of sulfone groups is 1. The first-order chi connectivity index (χ1) is 9.36. The van der Waals surface area contributed by atoms with E-state index in [0.717, 1.165) is 16.8 Å². The second-order valence-electron chi connectivity index (χ2n) is 4.78. The Labute approximate surface area is 119 Å². The zero-order valence-electron chi connectivity index (χ0n) is 11.4. The topological polar surface area (TPSA) is 66.4 Å². The van der Waals surface area contributed by atoms with Crippen LogP contribution in [0, 0.1) is 6.92 Å². The number of rotatable bonds is 4. The molecule has 0 radical (unpaired) electrons. The van der Waals surface area contributed by atoms with E-state index < -0.39 is 9.84 Å². The molecule has 0 unspecified atom stereocenters. The van der Waals surface area contributed by atoms with Gasteiger partial charge in [-0.25, -0.2) is 8.42 Å². The normalized spacial score (nSPS) is 11.3. The molecule has 0 saturated heterocycles. The molecule has 0 spiro atoms. The highest BCUT2D eigenvalue weighted by Crippen LogP contribution is 2.21. The number of aromatic hydroxyl groups is 1. The van der Waals surface area contributed by atoms with Crippen molar-refractivity contribution in [3.8, 4) is 5.75 Å². The molecular formula is C15H17NO3S. The van der Waals surface area contributed by atoms with Crippen molar-refractivity contribution >= 4 is 15.5 Å². The molecule has 106 valence electrons. The van der Waals surface area contributed by atoms with Crippen LogP contribution in [0.25, 0.3) is 0 Å². The van der Waals surface area contributed by atoms with Gasteiger partial charge in [0.2, 0.25) is 0 Å². The minimum absolute atomic E-state index is 0.213. The Bertz CT molecular complexity index is 724. The van der Waals surface area contributed by atoms with Crippen molar-refractivity contribution < 1.29 is 13.5 Å². The van der Waals surface area contributed by atoms with Crippen molar-refractivity contribution in [1.82, 2.24) is 0 Å². The van der Waals surface area contributed by atoms with E-state index in [4.69, 9.17) is 0 Å². The number of hydrogen-bond acceptors (Lipinski definition) is 4. The minimum Gasteiger partial charge on any atom is -0.508 e. The van der Waals surface area contributed by atoms with Gasteiger partial charge in [0, 0.05) is 18.5 Å². The molecule has 5 heteroatoms. The number of phenolic OH excluding ortho intramolecular Hbond substituents is 1. The molecule has 0 fully saturated rings. The highest BCUT2D eigenvalue weighted by atomic mass is 32.2. The molecule has 0 atom stereocenters. The number of phenols is 1. The molecule has 0 aliphatic carbocycles. The van der Waals surface area contributed by atoms with E-state index in [2.05, 4.69) is 5.32 Å². The van der Waals surface area contributed by atoms with Gasteiger partial charge in [0.05, 0.1) is 4.90 Å². The summed E-state index contributed by atoms with van der Waals surface area (Å²) in [4.78, 5) is 0.332. The van der Waals surface area contributed by atoms with E-state index in [9.17, 15) is 13.5 Å². The maximum Gasteiger partial charge on any atom is 0.175 e. The van der Waals surface area contributed by atoms with Gasteiger partial charge < -0.3 is 10.4 Å². The van der Waals surface area contributed by atoms with Crippen molar-refractivity contribution in [2.75, 3.05) is 11.6 Å². The van der Waals surface area contributed by atoms with Crippen LogP contribution < -0.4 is 5.32 Å². The molecule has 0 heterocycles. The first-order valence-electron chi connectivity index (χ1n) is 6.19. The van der Waals surface area contributed by atoms with Gasteiger partial charge in [-0.05, 0) is 42.3 Å². The van der Waals surface area contributed by atoms with Gasteiger partial charge in [-0.15, -0.1) is 0 Å². The maximum atomic E-state index is 11.7. The smallest absolute Gasteiger partial charge is 0.175 e. The second-order valence-corrected chi connectivity index (χ2v) is 6.76. The monoisotopic (exact) mass is 291 g/mol. The van der Waals surface area contributed by atoms with Crippen molar-refractivity contribution in [2.24, 2.45) is 0 Å². The average Bonchev–Trinajstić information content (AvgIpc) is 2.36. The third-order valence-electron chi connectivity index (χ3n) is 2.99. The Balaban J connectivity index is 2.19. The summed E-state index contributed by atoms with van der Waals surface area (Å²) in [5.74, 6) is 0.213. The fourth-order valence-electron chi connectivity index (χ4n) is 1.98. The van der Waals surface area contributed by atoms with E-state index in [-0.39, 0.29) is 5.75 Å². The maximum absolute atomic E-state index is 11.7. The molecule has 0 bridgehead atoms. The molecule has 2 N–H and O–H groups in total. The third kappa shape index (κ3) is 3.51. The van der Waals surface area contributed by atoms with Crippen LogP contribution in [0.2, 0.25) is 0 Å². The molecule has 0 saturated carbocycles. The first kappa shape index (κ1) is 14.4. The van der Waals surface area contributed by atoms with Gasteiger partial charge in [0.25, 0.3) is 0 Å². The standard InChI is InChI=1S/C15H17NO3S/c1-11-6-7-13(9-15(11)20(2,18)19)16-10-12-4-3-5-14(17)8-12/h3-9,16-17H,10H2,1-2H3. The predicted molar refractivity (Wildman–Crippen MR) is 79.7 cm³/mol. The van der Waals surface area contributed by atoms with Gasteiger partial charge in [-0.1, -0.05) is 18.2 Å². The molecule has 20 heavy (non-hydrogen) atoms. The van der Waals surface area contributed by atoms with Gasteiger partial charge in [-0.2, -0.15) is 0 Å². The summed E-state index contributed by atoms with van der Waals surface area (Å²) in [5.41, 5.74) is 2.39. The lowest BCUT2D eigenvalue weighted by Crippen LogP contribution is -2.03. The quantitative estimate of drug-likeness (QED) is 0.909. The van der Waals surface area contributed by atoms with Crippen LogP contribution in [0.15, 0.2) is 47.4 Å². The van der Waals surface area contributed by atoms with Crippen molar-refractivity contribution in [1.29, 1.82) is 0 Å². The lowest BCUT2D eigenvalue weighted by molar-refractivity contribution is 0.474. The highest BCUT2D eigenvalue weighted by Gasteiger charge is 2.11. The van der Waals surface area contributed by atoms with Gasteiger partial charge in [0.15, 0.2) is 9.84 Å². The average molecular weight is 291 g/mol. The summed E-state index contributed by atoms with van der Waals surface area (Å²) >= 11 is 0. The lowest BCUT2D eigenvalue weighted by Gasteiger charge is -2.10. The van der Waals surface area contributed by atoms with Crippen LogP contribution in [0.3, 0.4) is 0 Å². The van der Waals surface area contributed by atoms with Crippen LogP contribution in [0.5, 0.6) is 5.75 Å². The zero-order valence-corrected chi connectivity index (χ0v) is 12.2. The summed E-state index contributed by atoms with van der Waals surface area (Å²) in [6.07, 6.45) is 1.20. The van der Waals surface area contributed by atoms with Crippen molar-refractivity contribution in [3.05, 3.63) is 53.6 Å². The fraction of sp³-hybridized carbons (Fsp3) is 0.200. The Hall–Kier alpha value is -2.01. The number of nitrogens with one attached hydrogen (secondary N) is 1. The zero-order chi connectivity index (χ0) is 14.8. The lowest BCUT2D eigenvalue weighted by atomic mass is 10.2. The number of anilines is 1. The van der Waals surface area contributed by atoms with Crippen LogP contribution in [0.4, 0.5) is 5.69 Å². The molecule has 0 aliphatic heterocycles.